The van der Waals surface area contributed by atoms with E-state index in [-0.39, 0.29) is 0 Å². The van der Waals surface area contributed by atoms with Crippen molar-refractivity contribution in [1.29, 1.82) is 0 Å². The highest BCUT2D eigenvalue weighted by Gasteiger charge is 2.52. The molecule has 2 aliphatic carbocycles. The van der Waals surface area contributed by atoms with Gasteiger partial charge in [0.2, 0.25) is 0 Å². The molecule has 2 aliphatic rings. The average Bonchev–Trinajstić information content (AvgIpc) is 3.97. The van der Waals surface area contributed by atoms with Crippen molar-refractivity contribution in [1.82, 2.24) is 9.55 Å². The van der Waals surface area contributed by atoms with Gasteiger partial charge in [0.05, 0.1) is 22.1 Å². The van der Waals surface area contributed by atoms with E-state index in [2.05, 4.69) is 233 Å². The third-order valence-corrected chi connectivity index (χ3v) is 13.5. The van der Waals surface area contributed by atoms with Crippen LogP contribution in [0.25, 0.3) is 72.0 Å². The predicted molar refractivity (Wildman–Crippen MR) is 260 cm³/mol. The molecule has 3 nitrogen and oxygen atoms in total. The molecule has 0 saturated heterocycles. The molecule has 1 spiro atoms. The Kier molecular flexibility index (Phi) is 7.82. The Bertz CT molecular complexity index is 3500. The molecule has 0 N–H and O–H groups in total. The largest absolute Gasteiger partial charge is 0.310 e. The standard InChI is InChI=1S/C60H39N3/c1-2-15-44(16-3-1)63-56-25-11-7-19-49(56)51-38-42(31-36-57(51)63)40-27-32-45(33-28-40)62(46-34-29-41(30-35-46)43-14-13-37-61-39-43)58-26-12-24-55-59(58)50-20-6-10-23-54(50)60(55)52-21-8-4-17-47(52)48-18-5-9-22-53(48)60/h1-39H. The first-order valence-corrected chi connectivity index (χ1v) is 21.7. The van der Waals surface area contributed by atoms with Gasteiger partial charge in [-0.05, 0) is 128 Å². The first kappa shape index (κ1) is 35.5. The molecule has 294 valence electrons. The van der Waals surface area contributed by atoms with Crippen molar-refractivity contribution in [3.63, 3.8) is 0 Å². The summed E-state index contributed by atoms with van der Waals surface area (Å²) in [5.41, 5.74) is 21.5. The van der Waals surface area contributed by atoms with E-state index in [1.54, 1.807) is 0 Å². The summed E-state index contributed by atoms with van der Waals surface area (Å²) in [6.07, 6.45) is 3.76. The maximum absolute atomic E-state index is 4.41. The molecule has 3 heteroatoms. The van der Waals surface area contributed by atoms with Crippen molar-refractivity contribution in [3.8, 4) is 50.2 Å². The number of anilines is 3. The van der Waals surface area contributed by atoms with Gasteiger partial charge in [-0.2, -0.15) is 0 Å². The molecule has 11 aromatic rings. The van der Waals surface area contributed by atoms with Crippen molar-refractivity contribution < 1.29 is 0 Å². The zero-order valence-electron chi connectivity index (χ0n) is 34.4. The number of hydrogen-bond donors (Lipinski definition) is 0. The van der Waals surface area contributed by atoms with Crippen LogP contribution in [0.3, 0.4) is 0 Å². The van der Waals surface area contributed by atoms with Gasteiger partial charge >= 0.3 is 0 Å². The molecular weight excluding hydrogens is 763 g/mol. The number of aromatic nitrogens is 2. The van der Waals surface area contributed by atoms with E-state index >= 15 is 0 Å². The summed E-state index contributed by atoms with van der Waals surface area (Å²) in [5, 5.41) is 2.49. The zero-order valence-corrected chi connectivity index (χ0v) is 34.4. The summed E-state index contributed by atoms with van der Waals surface area (Å²) >= 11 is 0. The lowest BCUT2D eigenvalue weighted by Crippen LogP contribution is -2.26. The Morgan fingerprint density at radius 3 is 1.62 bits per heavy atom. The molecule has 0 amide bonds. The molecule has 13 rings (SSSR count). The molecule has 0 fully saturated rings. The van der Waals surface area contributed by atoms with Crippen LogP contribution in [0.2, 0.25) is 0 Å². The van der Waals surface area contributed by atoms with Gasteiger partial charge in [-0.3, -0.25) is 4.98 Å². The van der Waals surface area contributed by atoms with Gasteiger partial charge in [0.15, 0.2) is 0 Å². The SMILES string of the molecule is c1ccc(-n2c3ccccc3c3cc(-c4ccc(N(c5ccc(-c6cccnc6)cc5)c5cccc6c5-c5ccccc5C65c6ccccc6-c6ccccc65)cc4)ccc32)cc1. The first-order valence-electron chi connectivity index (χ1n) is 21.7. The minimum Gasteiger partial charge on any atom is -0.310 e. The normalized spacial score (nSPS) is 12.9. The summed E-state index contributed by atoms with van der Waals surface area (Å²) in [7, 11) is 0. The summed E-state index contributed by atoms with van der Waals surface area (Å²) in [6, 6.07) is 82.6. The molecule has 2 heterocycles. The predicted octanol–water partition coefficient (Wildman–Crippen LogP) is 15.3. The van der Waals surface area contributed by atoms with Crippen molar-refractivity contribution >= 4 is 38.9 Å². The first-order chi connectivity index (χ1) is 31.3. The van der Waals surface area contributed by atoms with Crippen LogP contribution in [-0.4, -0.2) is 9.55 Å². The van der Waals surface area contributed by atoms with Crippen molar-refractivity contribution in [2.45, 2.75) is 5.41 Å². The van der Waals surface area contributed by atoms with Crippen LogP contribution in [0.1, 0.15) is 22.3 Å². The van der Waals surface area contributed by atoms with E-state index in [1.165, 1.54) is 77.4 Å². The van der Waals surface area contributed by atoms with E-state index < -0.39 is 5.41 Å². The van der Waals surface area contributed by atoms with Crippen LogP contribution in [-0.2, 0) is 5.41 Å². The Hall–Kier alpha value is -8.27. The van der Waals surface area contributed by atoms with Crippen LogP contribution in [0, 0.1) is 0 Å². The smallest absolute Gasteiger partial charge is 0.0726 e. The highest BCUT2D eigenvalue weighted by Crippen LogP contribution is 2.64. The average molecular weight is 802 g/mol. The second-order valence-electron chi connectivity index (χ2n) is 16.7. The summed E-state index contributed by atoms with van der Waals surface area (Å²) in [4.78, 5) is 6.86. The second kappa shape index (κ2) is 13.9. The van der Waals surface area contributed by atoms with E-state index in [0.717, 1.165) is 33.9 Å². The lowest BCUT2D eigenvalue weighted by atomic mass is 9.70. The number of hydrogen-bond acceptors (Lipinski definition) is 2. The Labute approximate surface area is 366 Å². The summed E-state index contributed by atoms with van der Waals surface area (Å²) in [5.74, 6) is 0. The highest BCUT2D eigenvalue weighted by atomic mass is 15.1. The maximum Gasteiger partial charge on any atom is 0.0726 e. The summed E-state index contributed by atoms with van der Waals surface area (Å²) in [6.45, 7) is 0. The Morgan fingerprint density at radius 2 is 0.937 bits per heavy atom. The quantitative estimate of drug-likeness (QED) is 0.167. The minimum atomic E-state index is -0.433. The molecule has 63 heavy (non-hydrogen) atoms. The molecule has 0 aliphatic heterocycles. The van der Waals surface area contributed by atoms with E-state index in [1.807, 2.05) is 18.5 Å². The fourth-order valence-corrected chi connectivity index (χ4v) is 10.9. The highest BCUT2D eigenvalue weighted by molar-refractivity contribution is 6.10. The lowest BCUT2D eigenvalue weighted by Gasteiger charge is -2.32. The number of nitrogens with zero attached hydrogens (tertiary/aromatic N) is 3. The number of pyridine rings is 1. The fourth-order valence-electron chi connectivity index (χ4n) is 10.9. The van der Waals surface area contributed by atoms with Crippen molar-refractivity contribution in [3.05, 3.63) is 259 Å². The van der Waals surface area contributed by atoms with Crippen LogP contribution < -0.4 is 4.90 Å². The van der Waals surface area contributed by atoms with E-state index in [4.69, 9.17) is 0 Å². The molecule has 0 radical (unpaired) electrons. The molecule has 2 aromatic heterocycles. The van der Waals surface area contributed by atoms with Crippen LogP contribution in [0.15, 0.2) is 237 Å². The maximum atomic E-state index is 4.41. The van der Waals surface area contributed by atoms with Gasteiger partial charge in [0.25, 0.3) is 0 Å². The minimum absolute atomic E-state index is 0.433. The number of rotatable bonds is 6. The van der Waals surface area contributed by atoms with Gasteiger partial charge in [-0.25, -0.2) is 0 Å². The zero-order chi connectivity index (χ0) is 41.5. The lowest BCUT2D eigenvalue weighted by molar-refractivity contribution is 0.794. The molecule has 0 saturated carbocycles. The van der Waals surface area contributed by atoms with Crippen LogP contribution in [0.4, 0.5) is 17.1 Å². The third kappa shape index (κ3) is 5.17. The van der Waals surface area contributed by atoms with Gasteiger partial charge in [-0.15, -0.1) is 0 Å². The molecule has 0 bridgehead atoms. The van der Waals surface area contributed by atoms with Gasteiger partial charge in [0.1, 0.15) is 0 Å². The van der Waals surface area contributed by atoms with E-state index in [9.17, 15) is 0 Å². The third-order valence-electron chi connectivity index (χ3n) is 13.5. The van der Waals surface area contributed by atoms with Gasteiger partial charge < -0.3 is 9.47 Å². The monoisotopic (exact) mass is 801 g/mol. The molecule has 0 atom stereocenters. The van der Waals surface area contributed by atoms with Crippen molar-refractivity contribution in [2.75, 3.05) is 4.90 Å². The van der Waals surface area contributed by atoms with Crippen molar-refractivity contribution in [2.24, 2.45) is 0 Å². The molecular formula is C60H39N3. The summed E-state index contributed by atoms with van der Waals surface area (Å²) < 4.78 is 2.37. The second-order valence-corrected chi connectivity index (χ2v) is 16.7. The number of benzene rings is 9. The van der Waals surface area contributed by atoms with Crippen LogP contribution in [0.5, 0.6) is 0 Å². The fraction of sp³-hybridized carbons (Fsp3) is 0.0167. The van der Waals surface area contributed by atoms with Crippen LogP contribution >= 0.6 is 0 Å². The molecule has 9 aromatic carbocycles. The van der Waals surface area contributed by atoms with Gasteiger partial charge in [-0.1, -0.05) is 158 Å². The van der Waals surface area contributed by atoms with Gasteiger partial charge in [0, 0.05) is 45.8 Å². The number of para-hydroxylation sites is 2. The Balaban J connectivity index is 0.990. The molecule has 0 unspecified atom stereocenters. The number of fused-ring (bicyclic) bond motifs is 13. The Morgan fingerprint density at radius 1 is 0.381 bits per heavy atom. The van der Waals surface area contributed by atoms with E-state index in [0.29, 0.717) is 0 Å². The topological polar surface area (TPSA) is 21.1 Å².